The van der Waals surface area contributed by atoms with E-state index >= 15 is 0 Å². The first-order valence-corrected chi connectivity index (χ1v) is 17.6. The number of amides is 1. The van der Waals surface area contributed by atoms with Gasteiger partial charge in [-0.25, -0.2) is 0 Å². The summed E-state index contributed by atoms with van der Waals surface area (Å²) in [5, 5.41) is 0. The van der Waals surface area contributed by atoms with Crippen LogP contribution in [0.3, 0.4) is 0 Å². The van der Waals surface area contributed by atoms with E-state index in [0.29, 0.717) is 35.9 Å². The number of fused-ring (bicyclic) bond motifs is 2. The van der Waals surface area contributed by atoms with Gasteiger partial charge in [0.1, 0.15) is 0 Å². The zero-order valence-electron chi connectivity index (χ0n) is 29.8. The molecule has 0 bridgehead atoms. The number of pyridine rings is 1. The fourth-order valence-corrected chi connectivity index (χ4v) is 7.71. The lowest BCUT2D eigenvalue weighted by atomic mass is 9.85. The van der Waals surface area contributed by atoms with Gasteiger partial charge in [-0.15, -0.1) is 0 Å². The molecule has 48 heavy (non-hydrogen) atoms. The Morgan fingerprint density at radius 1 is 0.958 bits per heavy atom. The first kappa shape index (κ1) is 34.2. The van der Waals surface area contributed by atoms with Crippen molar-refractivity contribution in [3.05, 3.63) is 79.8 Å². The van der Waals surface area contributed by atoms with Gasteiger partial charge in [-0.3, -0.25) is 14.5 Å². The summed E-state index contributed by atoms with van der Waals surface area (Å²) in [6.07, 6.45) is 4.51. The largest absolute Gasteiger partial charge is 0.448 e. The molecule has 6 rings (SSSR count). The number of hydrogen-bond donors (Lipinski definition) is 1. The zero-order valence-corrected chi connectivity index (χ0v) is 29.8. The third-order valence-corrected chi connectivity index (χ3v) is 10.5. The lowest BCUT2D eigenvalue weighted by Gasteiger charge is -2.32. The molecular weight excluding hydrogens is 604 g/mol. The van der Waals surface area contributed by atoms with Gasteiger partial charge >= 0.3 is 0 Å². The Morgan fingerprint density at radius 3 is 2.33 bits per heavy atom. The summed E-state index contributed by atoms with van der Waals surface area (Å²) in [6, 6.07) is 11.2. The van der Waals surface area contributed by atoms with Crippen LogP contribution in [0.4, 0.5) is 0 Å². The number of morpholine rings is 1. The van der Waals surface area contributed by atoms with Gasteiger partial charge < -0.3 is 29.0 Å². The Hall–Kier alpha value is -3.66. The molecule has 0 radical (unpaired) electrons. The molecule has 1 fully saturated rings. The second-order valence-electron chi connectivity index (χ2n) is 14.3. The third-order valence-electron chi connectivity index (χ3n) is 10.5. The Balaban J connectivity index is 1.35. The maximum Gasteiger partial charge on any atom is 0.254 e. The van der Waals surface area contributed by atoms with Gasteiger partial charge in [-0.1, -0.05) is 31.2 Å². The second-order valence-corrected chi connectivity index (χ2v) is 14.3. The summed E-state index contributed by atoms with van der Waals surface area (Å²) in [4.78, 5) is 36.7. The molecule has 0 aliphatic carbocycles. The second kappa shape index (κ2) is 14.1. The summed E-state index contributed by atoms with van der Waals surface area (Å²) in [6.45, 7) is 15.1. The highest BCUT2D eigenvalue weighted by atomic mass is 16.7. The van der Waals surface area contributed by atoms with E-state index in [1.54, 1.807) is 0 Å². The zero-order chi connectivity index (χ0) is 34.2. The maximum atomic E-state index is 14.4. The van der Waals surface area contributed by atoms with Crippen LogP contribution >= 0.6 is 0 Å². The molecule has 0 spiro atoms. The number of carbonyl (C=O) groups excluding carboxylic acids is 1. The Kier molecular flexibility index (Phi) is 10.0. The molecule has 4 heterocycles. The molecule has 9 heteroatoms. The smallest absolute Gasteiger partial charge is 0.254 e. The predicted molar refractivity (Wildman–Crippen MR) is 189 cm³/mol. The van der Waals surface area contributed by atoms with Gasteiger partial charge in [0.15, 0.2) is 11.5 Å². The number of aryl methyl sites for hydroxylation is 2. The number of aromatic nitrogens is 1. The van der Waals surface area contributed by atoms with Crippen molar-refractivity contribution in [1.29, 1.82) is 0 Å². The van der Waals surface area contributed by atoms with Gasteiger partial charge in [0.2, 0.25) is 5.79 Å². The summed E-state index contributed by atoms with van der Waals surface area (Å²) < 4.78 is 19.1. The van der Waals surface area contributed by atoms with Crippen LogP contribution in [-0.2, 0) is 24.2 Å². The van der Waals surface area contributed by atoms with E-state index in [1.165, 1.54) is 5.56 Å². The minimum Gasteiger partial charge on any atom is -0.448 e. The average molecular weight is 657 g/mol. The molecule has 3 aromatic rings. The Morgan fingerprint density at radius 2 is 1.67 bits per heavy atom. The number of rotatable bonds is 11. The molecule has 1 amide bonds. The molecule has 0 saturated carbocycles. The first-order valence-electron chi connectivity index (χ1n) is 17.6. The minimum absolute atomic E-state index is 0.0740. The number of nitrogens with zero attached hydrogens (tertiary/aromatic N) is 3. The van der Waals surface area contributed by atoms with E-state index in [4.69, 9.17) is 14.2 Å². The minimum atomic E-state index is -0.832. The fraction of sp³-hybridized carbons (Fsp3) is 0.538. The summed E-state index contributed by atoms with van der Waals surface area (Å²) in [5.74, 6) is 0.487. The topological polar surface area (TPSA) is 87.3 Å². The van der Waals surface area contributed by atoms with E-state index in [2.05, 4.69) is 60.1 Å². The molecule has 3 aliphatic heterocycles. The van der Waals surface area contributed by atoms with E-state index in [0.717, 1.165) is 97.8 Å². The van der Waals surface area contributed by atoms with Crippen molar-refractivity contribution < 1.29 is 19.0 Å². The van der Waals surface area contributed by atoms with Gasteiger partial charge in [0.05, 0.1) is 25.3 Å². The SMILES string of the molecule is CCC(CCCC1(C)Oc2c(C)c3c(c(-c4ccc(CN5CCOCC5)cc4)c2O1)CCN(Cc1c(C)cc(C)[nH]c1=O)C3=O)N(C)C. The van der Waals surface area contributed by atoms with Crippen LogP contribution in [0, 0.1) is 20.8 Å². The van der Waals surface area contributed by atoms with Crippen LogP contribution in [0.25, 0.3) is 11.1 Å². The first-order chi connectivity index (χ1) is 23.0. The standard InChI is InChI=1S/C39H52N4O5/c1-8-30(41(6)7)10-9-16-39(5)47-35-27(4)33-31(15-17-43(38(33)45)24-32-25(2)22-26(3)40-37(32)44)34(36(35)48-39)29-13-11-28(12-14-29)23-42-18-20-46-21-19-42/h11-14,22,30H,8-10,15-21,23-24H2,1-7H3,(H,40,44). The van der Waals surface area contributed by atoms with Crippen LogP contribution in [0.5, 0.6) is 11.5 Å². The van der Waals surface area contributed by atoms with Crippen molar-refractivity contribution in [1.82, 2.24) is 19.7 Å². The molecule has 2 aromatic carbocycles. The normalized spacial score (nSPS) is 20.0. The summed E-state index contributed by atoms with van der Waals surface area (Å²) in [5.41, 5.74) is 7.88. The van der Waals surface area contributed by atoms with Crippen LogP contribution < -0.4 is 15.0 Å². The molecule has 258 valence electrons. The van der Waals surface area contributed by atoms with Crippen molar-refractivity contribution in [2.75, 3.05) is 46.9 Å². The van der Waals surface area contributed by atoms with Crippen LogP contribution in [-0.4, -0.2) is 84.4 Å². The highest BCUT2D eigenvalue weighted by Crippen LogP contribution is 2.53. The van der Waals surface area contributed by atoms with E-state index in [9.17, 15) is 9.59 Å². The Bertz CT molecular complexity index is 1710. The molecule has 9 nitrogen and oxygen atoms in total. The predicted octanol–water partition coefficient (Wildman–Crippen LogP) is 6.00. The number of aromatic amines is 1. The number of ether oxygens (including phenoxy) is 3. The van der Waals surface area contributed by atoms with E-state index < -0.39 is 5.79 Å². The third kappa shape index (κ3) is 6.91. The monoisotopic (exact) mass is 656 g/mol. The molecule has 1 N–H and O–H groups in total. The van der Waals surface area contributed by atoms with Crippen molar-refractivity contribution in [3.63, 3.8) is 0 Å². The van der Waals surface area contributed by atoms with Crippen molar-refractivity contribution in [3.8, 4) is 22.6 Å². The van der Waals surface area contributed by atoms with Crippen molar-refractivity contribution >= 4 is 5.91 Å². The van der Waals surface area contributed by atoms with Gasteiger partial charge in [-0.2, -0.15) is 0 Å². The summed E-state index contributed by atoms with van der Waals surface area (Å²) in [7, 11) is 4.27. The molecule has 3 aliphatic rings. The highest BCUT2D eigenvalue weighted by Gasteiger charge is 2.43. The number of benzene rings is 2. The number of nitrogens with one attached hydrogen (secondary N) is 1. The highest BCUT2D eigenvalue weighted by molar-refractivity contribution is 6.02. The Labute approximate surface area is 285 Å². The van der Waals surface area contributed by atoms with Gasteiger partial charge in [0, 0.05) is 67.9 Å². The number of H-pyrrole nitrogens is 1. The molecular formula is C39H52N4O5. The molecule has 2 atom stereocenters. The van der Waals surface area contributed by atoms with Crippen LogP contribution in [0.1, 0.15) is 83.4 Å². The quantitative estimate of drug-likeness (QED) is 0.271. The van der Waals surface area contributed by atoms with Crippen molar-refractivity contribution in [2.45, 2.75) is 91.6 Å². The lowest BCUT2D eigenvalue weighted by molar-refractivity contribution is -0.0704. The molecule has 2 unspecified atom stereocenters. The fourth-order valence-electron chi connectivity index (χ4n) is 7.71. The van der Waals surface area contributed by atoms with Gasteiger partial charge in [-0.05, 0) is 88.9 Å². The summed E-state index contributed by atoms with van der Waals surface area (Å²) >= 11 is 0. The lowest BCUT2D eigenvalue weighted by Crippen LogP contribution is -2.39. The van der Waals surface area contributed by atoms with Gasteiger partial charge in [0.25, 0.3) is 11.5 Å². The van der Waals surface area contributed by atoms with Crippen molar-refractivity contribution in [2.24, 2.45) is 0 Å². The molecule has 1 saturated heterocycles. The maximum absolute atomic E-state index is 14.4. The van der Waals surface area contributed by atoms with E-state index in [1.807, 2.05) is 38.7 Å². The average Bonchev–Trinajstić information content (AvgIpc) is 3.40. The van der Waals surface area contributed by atoms with E-state index in [-0.39, 0.29) is 18.0 Å². The van der Waals surface area contributed by atoms with Crippen LogP contribution in [0.15, 0.2) is 35.1 Å². The van der Waals surface area contributed by atoms with Crippen LogP contribution in [0.2, 0.25) is 0 Å². The number of carbonyl (C=O) groups is 1. The number of hydrogen-bond acceptors (Lipinski definition) is 7. The molecule has 1 aromatic heterocycles.